The number of benzene rings is 2. The maximum Gasteiger partial charge on any atom is 0.146 e. The van der Waals surface area contributed by atoms with Crippen LogP contribution in [0.15, 0.2) is 48.5 Å². The van der Waals surface area contributed by atoms with Crippen molar-refractivity contribution in [3.63, 3.8) is 0 Å². The predicted molar refractivity (Wildman–Crippen MR) is 100 cm³/mol. The minimum absolute atomic E-state index is 0.197. The van der Waals surface area contributed by atoms with Crippen molar-refractivity contribution < 1.29 is 9.47 Å². The first kappa shape index (κ1) is 17.1. The average molecular weight is 410 g/mol. The third kappa shape index (κ3) is 5.87. The van der Waals surface area contributed by atoms with Crippen LogP contribution in [0.4, 0.5) is 0 Å². The van der Waals surface area contributed by atoms with Crippen LogP contribution in [-0.2, 0) is 12.8 Å². The molecule has 2 aromatic carbocycles. The third-order valence-electron chi connectivity index (χ3n) is 3.39. The smallest absolute Gasteiger partial charge is 0.146 e. The molecule has 0 spiro atoms. The molecule has 0 heterocycles. The minimum Gasteiger partial charge on any atom is -0.494 e. The zero-order chi connectivity index (χ0) is 15.8. The molecule has 0 saturated heterocycles. The molecule has 0 fully saturated rings. The number of alkyl halides is 1. The first-order chi connectivity index (χ1) is 10.7. The number of ether oxygens (including phenoxy) is 2. The van der Waals surface area contributed by atoms with Crippen molar-refractivity contribution >= 4 is 22.6 Å². The maximum absolute atomic E-state index is 5.65. The van der Waals surface area contributed by atoms with Crippen LogP contribution in [0.1, 0.15) is 31.4 Å². The third-order valence-corrected chi connectivity index (χ3v) is 3.64. The van der Waals surface area contributed by atoms with Gasteiger partial charge in [0.2, 0.25) is 0 Å². The van der Waals surface area contributed by atoms with Gasteiger partial charge < -0.3 is 9.47 Å². The second-order valence-corrected chi connectivity index (χ2v) is 6.99. The molecule has 1 unspecified atom stereocenters. The summed E-state index contributed by atoms with van der Waals surface area (Å²) in [5, 5.41) is 0. The molecule has 22 heavy (non-hydrogen) atoms. The van der Waals surface area contributed by atoms with E-state index in [0.717, 1.165) is 37.4 Å². The van der Waals surface area contributed by atoms with Gasteiger partial charge in [-0.05, 0) is 91.1 Å². The summed E-state index contributed by atoms with van der Waals surface area (Å²) < 4.78 is 11.3. The van der Waals surface area contributed by atoms with Gasteiger partial charge in [0.05, 0.1) is 6.61 Å². The van der Waals surface area contributed by atoms with Gasteiger partial charge in [0.25, 0.3) is 0 Å². The lowest BCUT2D eigenvalue weighted by molar-refractivity contribution is 0.322. The molecule has 3 heteroatoms. The molecule has 0 aliphatic rings. The quantitative estimate of drug-likeness (QED) is 0.427. The van der Waals surface area contributed by atoms with Crippen molar-refractivity contribution in [3.8, 4) is 11.5 Å². The molecule has 0 aliphatic heterocycles. The summed E-state index contributed by atoms with van der Waals surface area (Å²) in [6.07, 6.45) is 3.33. The van der Waals surface area contributed by atoms with Gasteiger partial charge in [0.1, 0.15) is 15.6 Å². The number of rotatable bonds is 8. The van der Waals surface area contributed by atoms with E-state index in [4.69, 9.17) is 9.47 Å². The van der Waals surface area contributed by atoms with E-state index < -0.39 is 0 Å². The van der Waals surface area contributed by atoms with Crippen molar-refractivity contribution in [1.82, 2.24) is 0 Å². The highest BCUT2D eigenvalue weighted by atomic mass is 127. The van der Waals surface area contributed by atoms with E-state index in [2.05, 4.69) is 71.1 Å². The summed E-state index contributed by atoms with van der Waals surface area (Å²) in [4.78, 5) is 0. The molecule has 118 valence electrons. The highest BCUT2D eigenvalue weighted by molar-refractivity contribution is 14.1. The Morgan fingerprint density at radius 2 is 1.36 bits per heavy atom. The van der Waals surface area contributed by atoms with Gasteiger partial charge in [0.15, 0.2) is 0 Å². The van der Waals surface area contributed by atoms with E-state index in [9.17, 15) is 0 Å². The van der Waals surface area contributed by atoms with Crippen molar-refractivity contribution in [3.05, 3.63) is 59.7 Å². The van der Waals surface area contributed by atoms with Gasteiger partial charge >= 0.3 is 0 Å². The Bertz CT molecular complexity index is 547. The Kier molecular flexibility index (Phi) is 7.03. The SMILES string of the molecule is CCOc1ccc(CCCc2ccc(OC(C)I)cc2)cc1. The second kappa shape index (κ2) is 9.03. The molecule has 0 bridgehead atoms. The van der Waals surface area contributed by atoms with Crippen molar-refractivity contribution in [2.75, 3.05) is 6.61 Å². The molecule has 0 aliphatic carbocycles. The predicted octanol–water partition coefficient (Wildman–Crippen LogP) is 5.42. The molecule has 1 atom stereocenters. The van der Waals surface area contributed by atoms with E-state index in [-0.39, 0.29) is 4.11 Å². The Morgan fingerprint density at radius 3 is 1.82 bits per heavy atom. The molecule has 0 amide bonds. The summed E-state index contributed by atoms with van der Waals surface area (Å²) in [7, 11) is 0. The summed E-state index contributed by atoms with van der Waals surface area (Å²) in [6, 6.07) is 16.8. The van der Waals surface area contributed by atoms with E-state index in [1.807, 2.05) is 13.8 Å². The standard InChI is InChI=1S/C19H23IO2/c1-3-21-18-11-7-16(8-12-18)5-4-6-17-9-13-19(14-10-17)22-15(2)20/h7-15H,3-6H2,1-2H3. The van der Waals surface area contributed by atoms with Crippen LogP contribution in [0.3, 0.4) is 0 Å². The summed E-state index contributed by atoms with van der Waals surface area (Å²) >= 11 is 2.26. The number of halogens is 1. The molecular weight excluding hydrogens is 387 g/mol. The van der Waals surface area contributed by atoms with Gasteiger partial charge in [-0.15, -0.1) is 0 Å². The fourth-order valence-electron chi connectivity index (χ4n) is 2.34. The van der Waals surface area contributed by atoms with Crippen LogP contribution in [0.25, 0.3) is 0 Å². The minimum atomic E-state index is 0.197. The molecular formula is C19H23IO2. The van der Waals surface area contributed by atoms with E-state index in [1.165, 1.54) is 11.1 Å². The monoisotopic (exact) mass is 410 g/mol. The molecule has 2 rings (SSSR count). The molecule has 0 aromatic heterocycles. The lowest BCUT2D eigenvalue weighted by Gasteiger charge is -2.09. The van der Waals surface area contributed by atoms with Gasteiger partial charge in [-0.1, -0.05) is 24.3 Å². The van der Waals surface area contributed by atoms with Crippen LogP contribution >= 0.6 is 22.6 Å². The topological polar surface area (TPSA) is 18.5 Å². The Balaban J connectivity index is 1.78. The Morgan fingerprint density at radius 1 is 0.864 bits per heavy atom. The summed E-state index contributed by atoms with van der Waals surface area (Å²) in [5.41, 5.74) is 2.72. The maximum atomic E-state index is 5.65. The lowest BCUT2D eigenvalue weighted by Crippen LogP contribution is -2.01. The van der Waals surface area contributed by atoms with Gasteiger partial charge in [0, 0.05) is 0 Å². The van der Waals surface area contributed by atoms with Crippen molar-refractivity contribution in [2.45, 2.75) is 37.2 Å². The molecule has 2 aromatic rings. The number of hydrogen-bond acceptors (Lipinski definition) is 2. The highest BCUT2D eigenvalue weighted by Crippen LogP contribution is 2.18. The zero-order valence-electron chi connectivity index (χ0n) is 13.2. The fourth-order valence-corrected chi connectivity index (χ4v) is 2.63. The molecule has 0 N–H and O–H groups in total. The molecule has 0 saturated carbocycles. The van der Waals surface area contributed by atoms with Gasteiger partial charge in [-0.25, -0.2) is 0 Å². The second-order valence-electron chi connectivity index (χ2n) is 5.24. The largest absolute Gasteiger partial charge is 0.494 e. The van der Waals surface area contributed by atoms with E-state index in [1.54, 1.807) is 0 Å². The Labute approximate surface area is 147 Å². The number of aryl methyl sites for hydroxylation is 2. The first-order valence-corrected chi connectivity index (χ1v) is 9.03. The van der Waals surface area contributed by atoms with Gasteiger partial charge in [-0.2, -0.15) is 0 Å². The summed E-state index contributed by atoms with van der Waals surface area (Å²) in [6.45, 7) is 4.76. The van der Waals surface area contributed by atoms with E-state index >= 15 is 0 Å². The van der Waals surface area contributed by atoms with Crippen LogP contribution in [0.2, 0.25) is 0 Å². The number of hydrogen-bond donors (Lipinski definition) is 0. The molecule has 2 nitrogen and oxygen atoms in total. The zero-order valence-corrected chi connectivity index (χ0v) is 15.4. The lowest BCUT2D eigenvalue weighted by atomic mass is 10.0. The van der Waals surface area contributed by atoms with Crippen LogP contribution < -0.4 is 9.47 Å². The van der Waals surface area contributed by atoms with Crippen LogP contribution in [0, 0.1) is 0 Å². The Hall–Kier alpha value is -1.23. The average Bonchev–Trinajstić information content (AvgIpc) is 2.50. The molecule has 0 radical (unpaired) electrons. The summed E-state index contributed by atoms with van der Waals surface area (Å²) in [5.74, 6) is 1.89. The van der Waals surface area contributed by atoms with Crippen LogP contribution in [-0.4, -0.2) is 10.7 Å². The normalized spacial score (nSPS) is 12.0. The highest BCUT2D eigenvalue weighted by Gasteiger charge is 2.00. The van der Waals surface area contributed by atoms with Crippen molar-refractivity contribution in [1.29, 1.82) is 0 Å². The van der Waals surface area contributed by atoms with Crippen molar-refractivity contribution in [2.24, 2.45) is 0 Å². The van der Waals surface area contributed by atoms with E-state index in [0.29, 0.717) is 0 Å². The fraction of sp³-hybridized carbons (Fsp3) is 0.368. The van der Waals surface area contributed by atoms with Gasteiger partial charge in [-0.3, -0.25) is 0 Å². The first-order valence-electron chi connectivity index (χ1n) is 7.79. The van der Waals surface area contributed by atoms with Crippen LogP contribution in [0.5, 0.6) is 11.5 Å².